The van der Waals surface area contributed by atoms with Crippen molar-refractivity contribution in [2.75, 3.05) is 19.8 Å². The predicted octanol–water partition coefficient (Wildman–Crippen LogP) is 1.11. The van der Waals surface area contributed by atoms with Crippen molar-refractivity contribution >= 4 is 17.2 Å². The molecule has 1 aliphatic rings. The average molecular weight is 256 g/mol. The molecule has 1 atom stereocenters. The Labute approximate surface area is 104 Å². The van der Waals surface area contributed by atoms with E-state index in [9.17, 15) is 4.79 Å². The Morgan fingerprint density at radius 2 is 2.59 bits per heavy atom. The second-order valence-electron chi connectivity index (χ2n) is 3.90. The van der Waals surface area contributed by atoms with Crippen LogP contribution in [0.1, 0.15) is 40.0 Å². The van der Waals surface area contributed by atoms with E-state index in [2.05, 4.69) is 10.3 Å². The lowest BCUT2D eigenvalue weighted by Gasteiger charge is -2.03. The molecule has 2 heterocycles. The molecule has 1 unspecified atom stereocenters. The number of nitrogens with zero attached hydrogens (tertiary/aromatic N) is 1. The van der Waals surface area contributed by atoms with Crippen molar-refractivity contribution < 1.29 is 14.6 Å². The van der Waals surface area contributed by atoms with Crippen LogP contribution in [0.15, 0.2) is 6.20 Å². The van der Waals surface area contributed by atoms with E-state index in [1.807, 2.05) is 0 Å². The van der Waals surface area contributed by atoms with Crippen LogP contribution < -0.4 is 5.32 Å². The first-order valence-electron chi connectivity index (χ1n) is 5.77. The monoisotopic (exact) mass is 256 g/mol. The van der Waals surface area contributed by atoms with Crippen LogP contribution in [0.4, 0.5) is 0 Å². The quantitative estimate of drug-likeness (QED) is 0.774. The van der Waals surface area contributed by atoms with Gasteiger partial charge in [0.15, 0.2) is 0 Å². The van der Waals surface area contributed by atoms with Gasteiger partial charge in [-0.2, -0.15) is 0 Å². The highest BCUT2D eigenvalue weighted by Crippen LogP contribution is 2.31. The van der Waals surface area contributed by atoms with Crippen LogP contribution in [0.5, 0.6) is 0 Å². The number of rotatable bonds is 5. The molecule has 0 radical (unpaired) electrons. The fraction of sp³-hybridized carbons (Fsp3) is 0.636. The minimum absolute atomic E-state index is 0.0685. The van der Waals surface area contributed by atoms with E-state index >= 15 is 0 Å². The molecule has 0 aromatic carbocycles. The van der Waals surface area contributed by atoms with E-state index < -0.39 is 0 Å². The molecule has 1 aromatic rings. The first kappa shape index (κ1) is 12.5. The second kappa shape index (κ2) is 6.09. The number of aliphatic hydroxyl groups excluding tert-OH is 1. The van der Waals surface area contributed by atoms with Gasteiger partial charge in [0.25, 0.3) is 5.91 Å². The van der Waals surface area contributed by atoms with Gasteiger partial charge in [-0.25, -0.2) is 4.98 Å². The Bertz CT molecular complexity index is 375. The molecule has 17 heavy (non-hydrogen) atoms. The highest BCUT2D eigenvalue weighted by Gasteiger charge is 2.22. The third-order valence-electron chi connectivity index (χ3n) is 2.57. The van der Waals surface area contributed by atoms with Crippen LogP contribution in [-0.4, -0.2) is 35.8 Å². The summed E-state index contributed by atoms with van der Waals surface area (Å²) in [6.07, 6.45) is 4.28. The fourth-order valence-electron chi connectivity index (χ4n) is 1.68. The zero-order chi connectivity index (χ0) is 12.1. The highest BCUT2D eigenvalue weighted by molar-refractivity contribution is 7.13. The number of ether oxygens (including phenoxy) is 1. The number of hydrogen-bond acceptors (Lipinski definition) is 5. The molecule has 0 bridgehead atoms. The summed E-state index contributed by atoms with van der Waals surface area (Å²) in [7, 11) is 0. The maximum atomic E-state index is 11.7. The number of nitrogens with one attached hydrogen (secondary N) is 1. The fourth-order valence-corrected chi connectivity index (χ4v) is 2.60. The van der Waals surface area contributed by atoms with Gasteiger partial charge in [0.1, 0.15) is 16.0 Å². The summed E-state index contributed by atoms with van der Waals surface area (Å²) in [5.74, 6) is -0.125. The number of thiazole rings is 1. The minimum atomic E-state index is -0.125. The van der Waals surface area contributed by atoms with Gasteiger partial charge < -0.3 is 15.2 Å². The Morgan fingerprint density at radius 1 is 1.71 bits per heavy atom. The first-order chi connectivity index (χ1) is 8.31. The lowest BCUT2D eigenvalue weighted by molar-refractivity contribution is 0.0955. The molecular weight excluding hydrogens is 240 g/mol. The maximum Gasteiger partial charge on any atom is 0.263 e. The molecule has 1 saturated heterocycles. The SMILES string of the molecule is O=C(NCCCO)c1cnc(C2CCCO2)s1. The normalized spacial score (nSPS) is 19.5. The Hall–Kier alpha value is -0.980. The number of carbonyl (C=O) groups is 1. The van der Waals surface area contributed by atoms with E-state index in [0.717, 1.165) is 24.5 Å². The molecule has 0 spiro atoms. The topological polar surface area (TPSA) is 71.5 Å². The average Bonchev–Trinajstić information content (AvgIpc) is 3.00. The summed E-state index contributed by atoms with van der Waals surface area (Å²) in [6.45, 7) is 1.36. The molecule has 6 heteroatoms. The summed E-state index contributed by atoms with van der Waals surface area (Å²) in [5.41, 5.74) is 0. The van der Waals surface area contributed by atoms with Crippen molar-refractivity contribution in [3.63, 3.8) is 0 Å². The first-order valence-corrected chi connectivity index (χ1v) is 6.59. The van der Waals surface area contributed by atoms with Gasteiger partial charge in [-0.1, -0.05) is 0 Å². The summed E-state index contributed by atoms with van der Waals surface area (Å²) >= 11 is 1.39. The lowest BCUT2D eigenvalue weighted by atomic mass is 10.2. The number of amides is 1. The Kier molecular flexibility index (Phi) is 4.47. The van der Waals surface area contributed by atoms with Crippen molar-refractivity contribution in [2.24, 2.45) is 0 Å². The molecule has 1 aliphatic heterocycles. The zero-order valence-corrected chi connectivity index (χ0v) is 10.3. The molecule has 94 valence electrons. The van der Waals surface area contributed by atoms with E-state index in [-0.39, 0.29) is 18.6 Å². The van der Waals surface area contributed by atoms with E-state index in [4.69, 9.17) is 9.84 Å². The zero-order valence-electron chi connectivity index (χ0n) is 9.52. The maximum absolute atomic E-state index is 11.7. The second-order valence-corrected chi connectivity index (χ2v) is 4.96. The highest BCUT2D eigenvalue weighted by atomic mass is 32.1. The summed E-state index contributed by atoms with van der Waals surface area (Å²) < 4.78 is 5.51. The van der Waals surface area contributed by atoms with Gasteiger partial charge in [-0.05, 0) is 19.3 Å². The van der Waals surface area contributed by atoms with Crippen molar-refractivity contribution in [1.82, 2.24) is 10.3 Å². The smallest absolute Gasteiger partial charge is 0.263 e. The van der Waals surface area contributed by atoms with Crippen molar-refractivity contribution in [1.29, 1.82) is 0 Å². The molecule has 2 N–H and O–H groups in total. The number of aromatic nitrogens is 1. The van der Waals surface area contributed by atoms with Crippen LogP contribution >= 0.6 is 11.3 Å². The largest absolute Gasteiger partial charge is 0.396 e. The molecule has 2 rings (SSSR count). The van der Waals surface area contributed by atoms with Crippen molar-refractivity contribution in [3.05, 3.63) is 16.1 Å². The summed E-state index contributed by atoms with van der Waals surface area (Å²) in [5, 5.41) is 12.2. The minimum Gasteiger partial charge on any atom is -0.396 e. The van der Waals surface area contributed by atoms with Crippen LogP contribution in [0.3, 0.4) is 0 Å². The van der Waals surface area contributed by atoms with Crippen molar-refractivity contribution in [3.8, 4) is 0 Å². The van der Waals surface area contributed by atoms with Gasteiger partial charge in [0.2, 0.25) is 0 Å². The molecule has 5 nitrogen and oxygen atoms in total. The van der Waals surface area contributed by atoms with E-state index in [1.165, 1.54) is 11.3 Å². The van der Waals surface area contributed by atoms with E-state index in [1.54, 1.807) is 6.20 Å². The third-order valence-corrected chi connectivity index (χ3v) is 3.66. The Morgan fingerprint density at radius 3 is 3.29 bits per heavy atom. The standard InChI is InChI=1S/C11H16N2O3S/c14-5-2-4-12-10(15)9-7-13-11(17-9)8-3-1-6-16-8/h7-8,14H,1-6H2,(H,12,15). The Balaban J connectivity index is 1.90. The number of hydrogen-bond donors (Lipinski definition) is 2. The molecule has 1 aromatic heterocycles. The molecule has 1 amide bonds. The van der Waals surface area contributed by atoms with E-state index in [0.29, 0.717) is 17.8 Å². The van der Waals surface area contributed by atoms with Crippen LogP contribution in [0, 0.1) is 0 Å². The molecule has 0 saturated carbocycles. The van der Waals surface area contributed by atoms with Crippen LogP contribution in [0.2, 0.25) is 0 Å². The van der Waals surface area contributed by atoms with Gasteiger partial charge in [-0.3, -0.25) is 4.79 Å². The predicted molar refractivity (Wildman–Crippen MR) is 64.1 cm³/mol. The molecular formula is C11H16N2O3S. The molecule has 0 aliphatic carbocycles. The number of aliphatic hydroxyl groups is 1. The molecule has 1 fully saturated rings. The lowest BCUT2D eigenvalue weighted by Crippen LogP contribution is -2.24. The summed E-state index contributed by atoms with van der Waals surface area (Å²) in [4.78, 5) is 16.5. The third kappa shape index (κ3) is 3.24. The number of carbonyl (C=O) groups excluding carboxylic acids is 1. The summed E-state index contributed by atoms with van der Waals surface area (Å²) in [6, 6.07) is 0. The van der Waals surface area contributed by atoms with Crippen molar-refractivity contribution in [2.45, 2.75) is 25.4 Å². The van der Waals surface area contributed by atoms with Crippen LogP contribution in [-0.2, 0) is 4.74 Å². The van der Waals surface area contributed by atoms with Gasteiger partial charge >= 0.3 is 0 Å². The van der Waals surface area contributed by atoms with Gasteiger partial charge in [0, 0.05) is 19.8 Å². The van der Waals surface area contributed by atoms with Gasteiger partial charge in [0.05, 0.1) is 6.20 Å². The van der Waals surface area contributed by atoms with Crippen LogP contribution in [0.25, 0.3) is 0 Å². The van der Waals surface area contributed by atoms with Gasteiger partial charge in [-0.15, -0.1) is 11.3 Å².